The predicted octanol–water partition coefficient (Wildman–Crippen LogP) is 2.75. The zero-order chi connectivity index (χ0) is 14.2. The normalized spacial score (nSPS) is 24.2. The number of hydrogen-bond acceptors (Lipinski definition) is 3. The van der Waals surface area contributed by atoms with Gasteiger partial charge < -0.3 is 11.1 Å². The molecule has 0 saturated heterocycles. The third-order valence-corrected chi connectivity index (χ3v) is 5.44. The number of nitrogens with two attached hydrogens (primary N) is 1. The Morgan fingerprint density at radius 3 is 2.90 bits per heavy atom. The van der Waals surface area contributed by atoms with Crippen LogP contribution in [0.25, 0.3) is 0 Å². The van der Waals surface area contributed by atoms with Gasteiger partial charge in [-0.2, -0.15) is 0 Å². The minimum Gasteiger partial charge on any atom is -0.348 e. The molecule has 2 aliphatic rings. The van der Waals surface area contributed by atoms with Crippen LogP contribution in [0.1, 0.15) is 43.7 Å². The number of fused-ring (bicyclic) bond motifs is 1. The van der Waals surface area contributed by atoms with Crippen molar-refractivity contribution < 1.29 is 9.18 Å². The van der Waals surface area contributed by atoms with E-state index in [1.807, 2.05) is 6.07 Å². The second kappa shape index (κ2) is 5.37. The monoisotopic (exact) mass is 294 g/mol. The van der Waals surface area contributed by atoms with Crippen LogP contribution in [0, 0.1) is 5.82 Å². The fourth-order valence-corrected chi connectivity index (χ4v) is 4.21. The first-order valence-electron chi connectivity index (χ1n) is 7.11. The van der Waals surface area contributed by atoms with E-state index in [1.165, 1.54) is 17.8 Å². The SMILES string of the molecule is NC1(C(=O)NC2CCSc3c(F)cccc32)CCCC1. The molecular formula is C15H19FN2OS. The number of carbonyl (C=O) groups excluding carboxylic acids is 1. The van der Waals surface area contributed by atoms with Gasteiger partial charge in [-0.25, -0.2) is 4.39 Å². The van der Waals surface area contributed by atoms with Crippen molar-refractivity contribution >= 4 is 17.7 Å². The number of rotatable bonds is 2. The van der Waals surface area contributed by atoms with Crippen molar-refractivity contribution in [3.63, 3.8) is 0 Å². The van der Waals surface area contributed by atoms with Gasteiger partial charge in [0.25, 0.3) is 0 Å². The molecule has 3 N–H and O–H groups in total. The van der Waals surface area contributed by atoms with Crippen LogP contribution >= 0.6 is 11.8 Å². The van der Waals surface area contributed by atoms with Crippen LogP contribution in [-0.4, -0.2) is 17.2 Å². The molecule has 3 nitrogen and oxygen atoms in total. The number of thioether (sulfide) groups is 1. The Balaban J connectivity index is 1.80. The van der Waals surface area contributed by atoms with Gasteiger partial charge in [-0.1, -0.05) is 25.0 Å². The lowest BCUT2D eigenvalue weighted by atomic mass is 9.96. The highest BCUT2D eigenvalue weighted by atomic mass is 32.2. The van der Waals surface area contributed by atoms with Crippen LogP contribution in [0.4, 0.5) is 4.39 Å². The summed E-state index contributed by atoms with van der Waals surface area (Å²) in [5.41, 5.74) is 6.34. The fourth-order valence-electron chi connectivity index (χ4n) is 3.07. The number of benzene rings is 1. The maximum absolute atomic E-state index is 13.8. The lowest BCUT2D eigenvalue weighted by Gasteiger charge is -2.30. The van der Waals surface area contributed by atoms with E-state index in [4.69, 9.17) is 5.73 Å². The highest BCUT2D eigenvalue weighted by Gasteiger charge is 2.38. The standard InChI is InChI=1S/C15H19FN2OS/c16-11-5-3-4-10-12(6-9-20-13(10)11)18-14(19)15(17)7-1-2-8-15/h3-5,12H,1-2,6-9,17H2,(H,18,19). The first-order chi connectivity index (χ1) is 9.60. The maximum atomic E-state index is 13.8. The predicted molar refractivity (Wildman–Crippen MR) is 78.0 cm³/mol. The first-order valence-corrected chi connectivity index (χ1v) is 8.10. The van der Waals surface area contributed by atoms with Gasteiger partial charge in [-0.05, 0) is 30.9 Å². The molecule has 1 aliphatic heterocycles. The molecule has 1 saturated carbocycles. The van der Waals surface area contributed by atoms with Crippen molar-refractivity contribution in [3.8, 4) is 0 Å². The Morgan fingerprint density at radius 1 is 1.40 bits per heavy atom. The molecule has 1 aliphatic carbocycles. The Bertz CT molecular complexity index is 529. The average molecular weight is 294 g/mol. The van der Waals surface area contributed by atoms with Crippen LogP contribution in [0.2, 0.25) is 0 Å². The van der Waals surface area contributed by atoms with E-state index in [0.717, 1.165) is 43.4 Å². The van der Waals surface area contributed by atoms with E-state index in [1.54, 1.807) is 6.07 Å². The molecule has 3 rings (SSSR count). The van der Waals surface area contributed by atoms with Crippen molar-refractivity contribution in [1.82, 2.24) is 5.32 Å². The second-order valence-electron chi connectivity index (χ2n) is 5.68. The van der Waals surface area contributed by atoms with E-state index in [9.17, 15) is 9.18 Å². The Morgan fingerprint density at radius 2 is 2.15 bits per heavy atom. The molecule has 1 amide bonds. The van der Waals surface area contributed by atoms with E-state index in [0.29, 0.717) is 4.90 Å². The molecule has 20 heavy (non-hydrogen) atoms. The van der Waals surface area contributed by atoms with Gasteiger partial charge in [0, 0.05) is 10.6 Å². The average Bonchev–Trinajstić information content (AvgIpc) is 2.88. The van der Waals surface area contributed by atoms with E-state index in [-0.39, 0.29) is 17.8 Å². The molecule has 0 spiro atoms. The van der Waals surface area contributed by atoms with Gasteiger partial charge >= 0.3 is 0 Å². The number of nitrogens with one attached hydrogen (secondary N) is 1. The number of halogens is 1. The van der Waals surface area contributed by atoms with Crippen molar-refractivity contribution in [2.45, 2.75) is 48.6 Å². The van der Waals surface area contributed by atoms with Gasteiger partial charge in [-0.3, -0.25) is 4.79 Å². The first kappa shape index (κ1) is 13.9. The largest absolute Gasteiger partial charge is 0.348 e. The zero-order valence-corrected chi connectivity index (χ0v) is 12.1. The summed E-state index contributed by atoms with van der Waals surface area (Å²) in [5, 5.41) is 3.04. The summed E-state index contributed by atoms with van der Waals surface area (Å²) < 4.78 is 13.8. The van der Waals surface area contributed by atoms with Crippen LogP contribution in [0.3, 0.4) is 0 Å². The van der Waals surface area contributed by atoms with Crippen molar-refractivity contribution in [2.75, 3.05) is 5.75 Å². The van der Waals surface area contributed by atoms with Crippen molar-refractivity contribution in [2.24, 2.45) is 5.73 Å². The summed E-state index contributed by atoms with van der Waals surface area (Å²) in [6.45, 7) is 0. The second-order valence-corrected chi connectivity index (χ2v) is 6.79. The zero-order valence-electron chi connectivity index (χ0n) is 11.3. The molecule has 1 aromatic rings. The summed E-state index contributed by atoms with van der Waals surface area (Å²) in [7, 11) is 0. The molecule has 108 valence electrons. The number of hydrogen-bond donors (Lipinski definition) is 2. The minimum atomic E-state index is -0.724. The molecule has 1 heterocycles. The van der Waals surface area contributed by atoms with Gasteiger partial charge in [0.05, 0.1) is 11.6 Å². The lowest BCUT2D eigenvalue weighted by molar-refractivity contribution is -0.127. The number of amides is 1. The van der Waals surface area contributed by atoms with Crippen LogP contribution in [0.5, 0.6) is 0 Å². The summed E-state index contributed by atoms with van der Waals surface area (Å²) in [4.78, 5) is 13.1. The smallest absolute Gasteiger partial charge is 0.240 e. The highest BCUT2D eigenvalue weighted by Crippen LogP contribution is 2.38. The molecule has 1 atom stereocenters. The van der Waals surface area contributed by atoms with E-state index >= 15 is 0 Å². The maximum Gasteiger partial charge on any atom is 0.240 e. The van der Waals surface area contributed by atoms with E-state index in [2.05, 4.69) is 5.32 Å². The Labute approximate surface area is 122 Å². The lowest BCUT2D eigenvalue weighted by Crippen LogP contribution is -2.52. The topological polar surface area (TPSA) is 55.1 Å². The molecular weight excluding hydrogens is 275 g/mol. The summed E-state index contributed by atoms with van der Waals surface area (Å²) in [6, 6.07) is 4.95. The quantitative estimate of drug-likeness (QED) is 0.882. The van der Waals surface area contributed by atoms with Gasteiger partial charge in [-0.15, -0.1) is 11.8 Å². The van der Waals surface area contributed by atoms with Crippen LogP contribution in [-0.2, 0) is 4.79 Å². The van der Waals surface area contributed by atoms with Crippen molar-refractivity contribution in [1.29, 1.82) is 0 Å². The van der Waals surface area contributed by atoms with Crippen molar-refractivity contribution in [3.05, 3.63) is 29.6 Å². The molecule has 0 bridgehead atoms. The molecule has 5 heteroatoms. The molecule has 1 fully saturated rings. The fraction of sp³-hybridized carbons (Fsp3) is 0.533. The van der Waals surface area contributed by atoms with Gasteiger partial charge in [0.15, 0.2) is 0 Å². The third-order valence-electron chi connectivity index (χ3n) is 4.28. The molecule has 1 unspecified atom stereocenters. The molecule has 1 aromatic carbocycles. The minimum absolute atomic E-state index is 0.0814. The Hall–Kier alpha value is -1.07. The summed E-state index contributed by atoms with van der Waals surface area (Å²) >= 11 is 1.52. The van der Waals surface area contributed by atoms with Gasteiger partial charge in [0.2, 0.25) is 5.91 Å². The molecule has 0 radical (unpaired) electrons. The van der Waals surface area contributed by atoms with E-state index < -0.39 is 5.54 Å². The van der Waals surface area contributed by atoms with Crippen LogP contribution < -0.4 is 11.1 Å². The van der Waals surface area contributed by atoms with Gasteiger partial charge in [0.1, 0.15) is 5.82 Å². The van der Waals surface area contributed by atoms with Crippen LogP contribution in [0.15, 0.2) is 23.1 Å². The Kier molecular flexibility index (Phi) is 3.73. The highest BCUT2D eigenvalue weighted by molar-refractivity contribution is 7.99. The third kappa shape index (κ3) is 2.44. The summed E-state index contributed by atoms with van der Waals surface area (Å²) in [6.07, 6.45) is 4.33. The number of carbonyl (C=O) groups is 1. The summed E-state index contributed by atoms with van der Waals surface area (Å²) in [5.74, 6) is 0.535. The molecule has 0 aromatic heterocycles.